The molecule has 0 radical (unpaired) electrons. The first-order chi connectivity index (χ1) is 18.2. The van der Waals surface area contributed by atoms with Gasteiger partial charge in [0, 0.05) is 23.5 Å². The van der Waals surface area contributed by atoms with E-state index in [1.54, 1.807) is 0 Å². The van der Waals surface area contributed by atoms with Gasteiger partial charge in [-0.15, -0.1) is 4.67 Å². The third-order valence-corrected chi connectivity index (χ3v) is 9.94. The predicted molar refractivity (Wildman–Crippen MR) is 150 cm³/mol. The quantitative estimate of drug-likeness (QED) is 0.162. The molecule has 0 amide bonds. The molecule has 0 aromatic heterocycles. The normalized spacial score (nSPS) is 27.4. The average molecular weight is 644 g/mol. The summed E-state index contributed by atoms with van der Waals surface area (Å²) in [6, 6.07) is 28.3. The Morgan fingerprint density at radius 3 is 1.86 bits per heavy atom. The summed E-state index contributed by atoms with van der Waals surface area (Å²) in [5.74, 6) is 4.26. The number of rotatable bonds is 4. The molecule has 7 rings (SSSR count). The summed E-state index contributed by atoms with van der Waals surface area (Å²) in [7, 11) is 7.75. The molecule has 0 N–H and O–H groups in total. The Hall–Kier alpha value is -1.63. The van der Waals surface area contributed by atoms with Crippen molar-refractivity contribution in [2.45, 2.75) is 25.4 Å². The molecule has 1 heterocycles. The molecule has 4 unspecified atom stereocenters. The van der Waals surface area contributed by atoms with Crippen LogP contribution in [0.2, 0.25) is 0 Å². The van der Waals surface area contributed by atoms with Crippen molar-refractivity contribution in [3.05, 3.63) is 120 Å². The average Bonchev–Trinajstić information content (AvgIpc) is 3.68. The van der Waals surface area contributed by atoms with E-state index in [9.17, 15) is 0 Å². The third-order valence-electron chi connectivity index (χ3n) is 8.04. The fourth-order valence-corrected chi connectivity index (χ4v) is 8.31. The van der Waals surface area contributed by atoms with E-state index >= 15 is 0 Å². The van der Waals surface area contributed by atoms with Gasteiger partial charge in [0.25, 0.3) is 0 Å². The molecule has 1 fully saturated rings. The zero-order valence-electron chi connectivity index (χ0n) is 20.3. The van der Waals surface area contributed by atoms with E-state index in [2.05, 4.69) is 115 Å². The third kappa shape index (κ3) is 5.06. The van der Waals surface area contributed by atoms with Crippen LogP contribution in [0.3, 0.4) is 0 Å². The second-order valence-electron chi connectivity index (χ2n) is 9.97. The zero-order valence-corrected chi connectivity index (χ0v) is 24.4. The second kappa shape index (κ2) is 11.2. The van der Waals surface area contributed by atoms with Crippen molar-refractivity contribution in [3.8, 4) is 11.5 Å². The Kier molecular flexibility index (Phi) is 7.79. The maximum atomic E-state index is 6.88. The summed E-state index contributed by atoms with van der Waals surface area (Å²) in [5.41, 5.74) is 3.76. The van der Waals surface area contributed by atoms with E-state index in [0.29, 0.717) is 29.7 Å². The van der Waals surface area contributed by atoms with E-state index in [0.717, 1.165) is 17.9 Å². The van der Waals surface area contributed by atoms with Gasteiger partial charge < -0.3 is 0 Å². The number of benzene rings is 3. The Labute approximate surface area is 236 Å². The van der Waals surface area contributed by atoms with Crippen LogP contribution in [0.15, 0.2) is 103 Å². The summed E-state index contributed by atoms with van der Waals surface area (Å²) < 4.78 is 16.4. The van der Waals surface area contributed by atoms with Crippen LogP contribution < -0.4 is 9.05 Å². The summed E-state index contributed by atoms with van der Waals surface area (Å²) in [5, 5.41) is 0. The number of nitrogens with zero attached hydrogens (tertiary/aromatic N) is 1. The monoisotopic (exact) mass is 642 g/mol. The number of allylic oxidation sites excluding steroid dienone is 2. The van der Waals surface area contributed by atoms with E-state index in [4.69, 9.17) is 28.1 Å². The second-order valence-corrected chi connectivity index (χ2v) is 13.8. The number of para-hydroxylation sites is 2. The molecule has 37 heavy (non-hydrogen) atoms. The van der Waals surface area contributed by atoms with E-state index in [-0.39, 0.29) is 22.0 Å². The van der Waals surface area contributed by atoms with Crippen molar-refractivity contribution in [3.63, 3.8) is 0 Å². The number of hydrogen-bond acceptors (Lipinski definition) is 3. The fourth-order valence-electron chi connectivity index (χ4n) is 6.23. The van der Waals surface area contributed by atoms with Gasteiger partial charge in [0.1, 0.15) is 0 Å². The van der Waals surface area contributed by atoms with Gasteiger partial charge in [0.2, 0.25) is 0 Å². The number of fused-ring (bicyclic) bond motifs is 4. The van der Waals surface area contributed by atoms with Crippen LogP contribution in [0, 0.1) is 23.7 Å². The topological polar surface area (TPSA) is 21.7 Å². The molecule has 194 valence electrons. The van der Waals surface area contributed by atoms with Gasteiger partial charge in [-0.1, -0.05) is 91.0 Å². The molecule has 7 heteroatoms. The molecule has 0 saturated heterocycles. The molecule has 3 nitrogen and oxygen atoms in total. The fraction of sp³-hybridized carbons (Fsp3) is 0.267. The Balaban J connectivity index is 0.000000804. The van der Waals surface area contributed by atoms with Crippen molar-refractivity contribution >= 4 is 27.6 Å². The first-order valence-electron chi connectivity index (χ1n) is 12.6. The maximum absolute atomic E-state index is 6.88. The summed E-state index contributed by atoms with van der Waals surface area (Å²) in [6.45, 7) is 2.32. The zero-order chi connectivity index (χ0) is 25.4. The van der Waals surface area contributed by atoms with Gasteiger partial charge in [-0.2, -0.15) is 0 Å². The molecule has 0 spiro atoms. The van der Waals surface area contributed by atoms with Gasteiger partial charge in [-0.05, 0) is 42.4 Å². The summed E-state index contributed by atoms with van der Waals surface area (Å²) >= 11 is -0.106. The molecule has 1 aliphatic heterocycles. The van der Waals surface area contributed by atoms with Crippen LogP contribution in [-0.4, -0.2) is 10.7 Å². The van der Waals surface area contributed by atoms with Gasteiger partial charge in [0.15, 0.2) is 11.5 Å². The van der Waals surface area contributed by atoms with Crippen molar-refractivity contribution in [1.29, 1.82) is 0 Å². The Morgan fingerprint density at radius 2 is 1.30 bits per heavy atom. The molecular weight excluding hydrogens is 615 g/mol. The van der Waals surface area contributed by atoms with Crippen LogP contribution in [0.25, 0.3) is 0 Å². The summed E-state index contributed by atoms with van der Waals surface area (Å²) in [6.07, 6.45) is 10.6. The molecule has 3 aromatic rings. The van der Waals surface area contributed by atoms with Gasteiger partial charge >= 0.3 is 43.5 Å². The van der Waals surface area contributed by atoms with E-state index in [1.807, 2.05) is 0 Å². The molecular formula is C30H29Cl2NO2PPd+. The van der Waals surface area contributed by atoms with Gasteiger partial charge in [-0.3, -0.25) is 9.05 Å². The van der Waals surface area contributed by atoms with Gasteiger partial charge in [0.05, 0.1) is 12.1 Å². The van der Waals surface area contributed by atoms with Crippen LogP contribution in [0.1, 0.15) is 29.7 Å². The molecule has 4 aliphatic rings. The van der Waals surface area contributed by atoms with Gasteiger partial charge in [-0.25, -0.2) is 0 Å². The van der Waals surface area contributed by atoms with Crippen molar-refractivity contribution in [2.75, 3.05) is 0 Å². The van der Waals surface area contributed by atoms with E-state index in [1.165, 1.54) is 16.7 Å². The van der Waals surface area contributed by atoms with E-state index < -0.39 is 8.53 Å². The minimum atomic E-state index is -1.88. The van der Waals surface area contributed by atoms with Crippen LogP contribution in [0.5, 0.6) is 11.5 Å². The van der Waals surface area contributed by atoms with Crippen LogP contribution >= 0.6 is 27.6 Å². The standard InChI is InChI=1S/C30H28NO2P.2ClH.Pd/c1-20(21-9-3-2-4-10-21)31(30-22-15-17-25-26(18-16-22)29(25)30)34-32-27-13-7-5-11-23(27)19-24-12-6-8-14-28(24)33-34;;;/h2-18,20,22,25-26,29-30H,19H2,1H3;2*1H;/q;;;+2/p-1/t20-,22?,25+,26?,29?,30?;;;/m0.../s1. The molecule has 1 saturated carbocycles. The van der Waals surface area contributed by atoms with Crippen molar-refractivity contribution in [1.82, 2.24) is 4.67 Å². The predicted octanol–water partition coefficient (Wildman–Crippen LogP) is 8.43. The molecule has 3 aromatic carbocycles. The first-order valence-corrected chi connectivity index (χ1v) is 17.9. The number of hydrogen-bond donors (Lipinski definition) is 0. The molecule has 2 bridgehead atoms. The molecule has 3 aliphatic carbocycles. The minimum absolute atomic E-state index is 0.106. The van der Waals surface area contributed by atoms with Crippen molar-refractivity contribution in [2.24, 2.45) is 23.7 Å². The Bertz CT molecular complexity index is 1240. The SMILES string of the molecule is C[C@@H](c1ccccc1)N(C1C2C=CC3C1[C@@H]3C=C2)[PH+]1Oc2ccccc2Cc2ccccc2O1.[Cl][Pd][Cl]. The number of halogens is 2. The van der Waals surface area contributed by atoms with Crippen LogP contribution in [0.4, 0.5) is 0 Å². The summed E-state index contributed by atoms with van der Waals surface area (Å²) in [4.78, 5) is 0. The first kappa shape index (κ1) is 25.6. The van der Waals surface area contributed by atoms with Crippen LogP contribution in [-0.2, 0) is 22.4 Å². The molecule has 6 atom stereocenters. The Morgan fingerprint density at radius 1 is 0.784 bits per heavy atom. The van der Waals surface area contributed by atoms with Crippen molar-refractivity contribution < 1.29 is 25.0 Å².